The van der Waals surface area contributed by atoms with Crippen molar-refractivity contribution in [1.82, 2.24) is 9.13 Å². The van der Waals surface area contributed by atoms with E-state index in [9.17, 15) is 0 Å². The van der Waals surface area contributed by atoms with Crippen molar-refractivity contribution in [3.63, 3.8) is 0 Å². The summed E-state index contributed by atoms with van der Waals surface area (Å²) in [5, 5.41) is 5.10. The minimum absolute atomic E-state index is 1.23. The third kappa shape index (κ3) is 6.44. The molecule has 0 radical (unpaired) electrons. The fourth-order valence-corrected chi connectivity index (χ4v) is 12.5. The first kappa shape index (κ1) is 46.3. The third-order valence-electron chi connectivity index (χ3n) is 17.8. The molecule has 2 heterocycles. The zero-order chi connectivity index (χ0) is 48.7. The summed E-state index contributed by atoms with van der Waals surface area (Å²) in [6.07, 6.45) is 0. The average Bonchev–Trinajstić information content (AvgIpc) is 3.84. The molecule has 0 fully saturated rings. The molecular weight excluding hydrogens is 799 g/mol. The van der Waals surface area contributed by atoms with Crippen LogP contribution in [0.5, 0.6) is 0 Å². The fraction of sp³-hybridized carbons (Fsp3) is 0. The van der Waals surface area contributed by atoms with Crippen LogP contribution < -0.4 is 98.3 Å². The van der Waals surface area contributed by atoms with E-state index in [2.05, 4.69) is 235 Å². The van der Waals surface area contributed by atoms with Crippen molar-refractivity contribution in [2.24, 2.45) is 0 Å². The van der Waals surface area contributed by atoms with Crippen molar-refractivity contribution in [2.75, 3.05) is 0 Å². The number of para-hydroxylation sites is 2. The van der Waals surface area contributed by atoms with Crippen LogP contribution in [0.2, 0.25) is 0 Å². The summed E-state index contributed by atoms with van der Waals surface area (Å²) in [4.78, 5) is 0. The van der Waals surface area contributed by atoms with Gasteiger partial charge in [0.1, 0.15) is 141 Å². The molecule has 10 rings (SSSR count). The summed E-state index contributed by atoms with van der Waals surface area (Å²) < 4.78 is 5.10. The van der Waals surface area contributed by atoms with Gasteiger partial charge in [0.2, 0.25) is 0 Å². The standard InChI is InChI=1S/C48H50B18N2/c49-29-25(30(50)38(58)41(61)37(29)57)27-33(53)43(63)47(44(64)34(27)54)67-21-7-3-1-5-17(21)19-13-15(9-11-23(19)67)16-10-12-24-20(14-16)18-6-2-4-8-22(18)68(24)48-45(65)35(55)28(36(56)46(48)66)26-31(51)39(59)42(62)40(60)32(26)52/h1-14H,49-66H2. The van der Waals surface area contributed by atoms with Crippen LogP contribution in [0.4, 0.5) is 0 Å². The molecule has 0 N–H and O–H groups in total. The topological polar surface area (TPSA) is 9.86 Å². The summed E-state index contributed by atoms with van der Waals surface area (Å²) in [5.74, 6) is 0. The SMILES string of the molecule is Bc1c(B)c(B)c(-c2c(B)c(B)c(-n3c4ccccc4c4cc(-c5ccc6c(c5)c5ccccc5n6-c5c(B)c(B)c(-c6c(B)c(B)c(B)c(B)c6B)c(B)c5B)ccc43)c(B)c2B)c(B)c1B. The van der Waals surface area contributed by atoms with E-state index in [1.807, 2.05) is 0 Å². The molecule has 0 atom stereocenters. The molecule has 0 bridgehead atoms. The molecule has 0 spiro atoms. The van der Waals surface area contributed by atoms with Crippen LogP contribution >= 0.6 is 0 Å². The zero-order valence-electron chi connectivity index (χ0n) is 44.0. The van der Waals surface area contributed by atoms with Gasteiger partial charge in [0.15, 0.2) is 0 Å². The Hall–Kier alpha value is -5.47. The molecule has 306 valence electrons. The van der Waals surface area contributed by atoms with Crippen LogP contribution in [-0.4, -0.2) is 150 Å². The monoisotopic (exact) mass is 853 g/mol. The molecule has 2 aromatic heterocycles. The van der Waals surface area contributed by atoms with E-state index in [1.165, 1.54) is 187 Å². The van der Waals surface area contributed by atoms with E-state index in [0.29, 0.717) is 0 Å². The molecule has 0 aliphatic rings. The van der Waals surface area contributed by atoms with Crippen LogP contribution in [-0.2, 0) is 0 Å². The van der Waals surface area contributed by atoms with Gasteiger partial charge in [-0.1, -0.05) is 114 Å². The number of fused-ring (bicyclic) bond motifs is 6. The lowest BCUT2D eigenvalue weighted by atomic mass is 9.56. The Morgan fingerprint density at radius 3 is 0.750 bits per heavy atom. The number of hydrogen-bond acceptors (Lipinski definition) is 0. The summed E-state index contributed by atoms with van der Waals surface area (Å²) in [6, 6.07) is 32.3. The van der Waals surface area contributed by atoms with Gasteiger partial charge in [-0.05, 0) is 69.8 Å². The molecule has 2 nitrogen and oxygen atoms in total. The van der Waals surface area contributed by atoms with Gasteiger partial charge in [-0.15, -0.1) is 32.8 Å². The van der Waals surface area contributed by atoms with Crippen LogP contribution in [0.1, 0.15) is 0 Å². The Bertz CT molecular complexity index is 3540. The molecule has 0 saturated carbocycles. The smallest absolute Gasteiger partial charge is 0.141 e. The predicted octanol–water partition coefficient (Wildman–Crippen LogP) is -18.5. The predicted molar refractivity (Wildman–Crippen MR) is 359 cm³/mol. The van der Waals surface area contributed by atoms with E-state index in [4.69, 9.17) is 0 Å². The highest BCUT2D eigenvalue weighted by Gasteiger charge is 2.26. The maximum Gasteiger partial charge on any atom is 0.141 e. The van der Waals surface area contributed by atoms with Crippen LogP contribution in [0, 0.1) is 0 Å². The third-order valence-corrected chi connectivity index (χ3v) is 17.8. The molecule has 20 heteroatoms. The molecule has 8 aromatic carbocycles. The van der Waals surface area contributed by atoms with Crippen molar-refractivity contribution >= 4 is 283 Å². The molecule has 10 aromatic rings. The normalized spacial score (nSPS) is 11.7. The van der Waals surface area contributed by atoms with E-state index < -0.39 is 0 Å². The molecule has 0 saturated heterocycles. The first-order valence-corrected chi connectivity index (χ1v) is 24.7. The number of aromatic nitrogens is 2. The quantitative estimate of drug-likeness (QED) is 0.153. The first-order chi connectivity index (χ1) is 32.3. The van der Waals surface area contributed by atoms with Crippen LogP contribution in [0.25, 0.3) is 88.4 Å². The lowest BCUT2D eigenvalue weighted by Crippen LogP contribution is -2.57. The molecular formula is C48H50B18N2. The summed E-state index contributed by atoms with van der Waals surface area (Å²) in [6.45, 7) is 0. The first-order valence-electron chi connectivity index (χ1n) is 24.7. The molecule has 0 amide bonds. The van der Waals surface area contributed by atoms with E-state index in [-0.39, 0.29) is 0 Å². The Morgan fingerprint density at radius 1 is 0.221 bits per heavy atom. The second kappa shape index (κ2) is 16.6. The maximum absolute atomic E-state index is 2.55. The molecule has 0 aliphatic heterocycles. The van der Waals surface area contributed by atoms with Gasteiger partial charge >= 0.3 is 0 Å². The van der Waals surface area contributed by atoms with E-state index in [0.717, 1.165) is 0 Å². The van der Waals surface area contributed by atoms with Crippen LogP contribution in [0.3, 0.4) is 0 Å². The van der Waals surface area contributed by atoms with Gasteiger partial charge in [0.25, 0.3) is 0 Å². The van der Waals surface area contributed by atoms with Gasteiger partial charge < -0.3 is 9.13 Å². The molecule has 68 heavy (non-hydrogen) atoms. The highest BCUT2D eigenvalue weighted by atomic mass is 15.0. The second-order valence-corrected chi connectivity index (χ2v) is 20.6. The Kier molecular flexibility index (Phi) is 11.3. The zero-order valence-corrected chi connectivity index (χ0v) is 44.0. The van der Waals surface area contributed by atoms with Gasteiger partial charge in [-0.25, -0.2) is 0 Å². The Labute approximate surface area is 419 Å². The average molecular weight is 850 g/mol. The maximum atomic E-state index is 2.55. The van der Waals surface area contributed by atoms with Crippen molar-refractivity contribution in [3.05, 3.63) is 84.9 Å². The van der Waals surface area contributed by atoms with Crippen LogP contribution in [0.15, 0.2) is 84.9 Å². The lowest BCUT2D eigenvalue weighted by Gasteiger charge is -2.28. The van der Waals surface area contributed by atoms with Crippen molar-refractivity contribution in [2.45, 2.75) is 0 Å². The minimum atomic E-state index is 1.23. The lowest BCUT2D eigenvalue weighted by molar-refractivity contribution is 1.21. The fourth-order valence-electron chi connectivity index (χ4n) is 12.5. The number of hydrogen-bond donors (Lipinski definition) is 0. The number of rotatable bonds is 5. The van der Waals surface area contributed by atoms with E-state index in [1.54, 1.807) is 0 Å². The minimum Gasteiger partial charge on any atom is -0.310 e. The van der Waals surface area contributed by atoms with E-state index >= 15 is 0 Å². The summed E-state index contributed by atoms with van der Waals surface area (Å²) >= 11 is 0. The van der Waals surface area contributed by atoms with Gasteiger partial charge in [-0.3, -0.25) is 0 Å². The van der Waals surface area contributed by atoms with Gasteiger partial charge in [-0.2, -0.15) is 0 Å². The molecule has 0 unspecified atom stereocenters. The van der Waals surface area contributed by atoms with Crippen molar-refractivity contribution in [1.29, 1.82) is 0 Å². The van der Waals surface area contributed by atoms with Gasteiger partial charge in [0, 0.05) is 32.9 Å². The highest BCUT2D eigenvalue weighted by Crippen LogP contribution is 2.37. The Morgan fingerprint density at radius 2 is 0.456 bits per heavy atom. The summed E-state index contributed by atoms with van der Waals surface area (Å²) in [5.41, 5.74) is 40.4. The largest absolute Gasteiger partial charge is 0.310 e. The summed E-state index contributed by atoms with van der Waals surface area (Å²) in [7, 11) is 41.7. The van der Waals surface area contributed by atoms with Crippen molar-refractivity contribution in [3.8, 4) is 44.8 Å². The second-order valence-electron chi connectivity index (χ2n) is 20.6. The highest BCUT2D eigenvalue weighted by molar-refractivity contribution is 6.72. The van der Waals surface area contributed by atoms with Crippen molar-refractivity contribution < 1.29 is 0 Å². The molecule has 0 aliphatic carbocycles. The Balaban J connectivity index is 1.15. The number of nitrogens with zero attached hydrogens (tertiary/aromatic N) is 2. The number of benzene rings is 8. The van der Waals surface area contributed by atoms with Gasteiger partial charge in [0.05, 0.1) is 22.1 Å².